The Morgan fingerprint density at radius 1 is 1.07 bits per heavy atom. The van der Waals surface area contributed by atoms with E-state index in [1.54, 1.807) is 12.3 Å². The molecule has 0 aliphatic heterocycles. The molecule has 4 rings (SSSR count). The maximum absolute atomic E-state index is 14.0. The first kappa shape index (κ1) is 19.3. The van der Waals surface area contributed by atoms with Crippen LogP contribution in [0.4, 0.5) is 4.39 Å². The molecular weight excluding hydrogens is 389 g/mol. The lowest BCUT2D eigenvalue weighted by Crippen LogP contribution is -2.04. The summed E-state index contributed by atoms with van der Waals surface area (Å²) in [4.78, 5) is 0. The van der Waals surface area contributed by atoms with Gasteiger partial charge in [-0.25, -0.2) is 4.39 Å². The molecule has 0 radical (unpaired) electrons. The van der Waals surface area contributed by atoms with Crippen molar-refractivity contribution in [3.63, 3.8) is 0 Å². The number of thioether (sulfide) groups is 1. The molecule has 0 fully saturated rings. The van der Waals surface area contributed by atoms with E-state index >= 15 is 0 Å². The lowest BCUT2D eigenvalue weighted by atomic mass is 10.2. The number of hydrogen-bond acceptors (Lipinski definition) is 5. The van der Waals surface area contributed by atoms with Gasteiger partial charge in [-0.1, -0.05) is 48.2 Å². The number of methoxy groups -OCH3 is 1. The van der Waals surface area contributed by atoms with Crippen molar-refractivity contribution in [3.05, 3.63) is 83.6 Å². The summed E-state index contributed by atoms with van der Waals surface area (Å²) in [5, 5.41) is 9.57. The number of ether oxygens (including phenoxy) is 1. The van der Waals surface area contributed by atoms with Crippen molar-refractivity contribution in [3.8, 4) is 17.1 Å². The zero-order valence-corrected chi connectivity index (χ0v) is 16.9. The third-order valence-corrected chi connectivity index (χ3v) is 5.62. The molecule has 7 heteroatoms. The second-order valence-corrected chi connectivity index (χ2v) is 7.47. The van der Waals surface area contributed by atoms with Gasteiger partial charge in [0.25, 0.3) is 0 Å². The first-order chi connectivity index (χ1) is 14.2. The summed E-state index contributed by atoms with van der Waals surface area (Å²) in [6.45, 7) is 2.54. The normalized spacial score (nSPS) is 11.0. The molecule has 2 aromatic heterocycles. The Kier molecular flexibility index (Phi) is 5.67. The van der Waals surface area contributed by atoms with Crippen LogP contribution in [0.15, 0.2) is 70.4 Å². The highest BCUT2D eigenvalue weighted by atomic mass is 32.2. The van der Waals surface area contributed by atoms with Crippen LogP contribution in [-0.2, 0) is 12.3 Å². The summed E-state index contributed by atoms with van der Waals surface area (Å²) >= 11 is 1.52. The summed E-state index contributed by atoms with van der Waals surface area (Å²) in [7, 11) is 1.46. The second kappa shape index (κ2) is 8.53. The van der Waals surface area contributed by atoms with Crippen LogP contribution < -0.4 is 4.74 Å². The lowest BCUT2D eigenvalue weighted by Gasteiger charge is -2.10. The van der Waals surface area contributed by atoms with Gasteiger partial charge in [0.15, 0.2) is 22.5 Å². The van der Waals surface area contributed by atoms with E-state index in [2.05, 4.69) is 26.9 Å². The Balaban J connectivity index is 1.63. The molecule has 4 aromatic rings. The van der Waals surface area contributed by atoms with E-state index in [4.69, 9.17) is 9.15 Å². The van der Waals surface area contributed by atoms with Crippen LogP contribution in [0.5, 0.6) is 5.75 Å². The average Bonchev–Trinajstić information content (AvgIpc) is 3.33. The van der Waals surface area contributed by atoms with Gasteiger partial charge >= 0.3 is 0 Å². The van der Waals surface area contributed by atoms with Gasteiger partial charge in [-0.3, -0.25) is 4.57 Å². The molecule has 0 aliphatic rings. The van der Waals surface area contributed by atoms with Crippen LogP contribution >= 0.6 is 11.8 Å². The molecule has 0 N–H and O–H groups in total. The van der Waals surface area contributed by atoms with Gasteiger partial charge in [-0.15, -0.1) is 10.2 Å². The van der Waals surface area contributed by atoms with Crippen molar-refractivity contribution < 1.29 is 13.5 Å². The highest BCUT2D eigenvalue weighted by Crippen LogP contribution is 2.30. The quantitative estimate of drug-likeness (QED) is 0.386. The molecular formula is C22H20FN3O2S. The predicted octanol–water partition coefficient (Wildman–Crippen LogP) is 5.33. The second-order valence-electron chi connectivity index (χ2n) is 6.53. The van der Waals surface area contributed by atoms with E-state index in [0.717, 1.165) is 33.4 Å². The first-order valence-electron chi connectivity index (χ1n) is 9.12. The molecule has 148 valence electrons. The average molecular weight is 409 g/mol. The molecule has 0 amide bonds. The van der Waals surface area contributed by atoms with E-state index in [0.29, 0.717) is 12.3 Å². The number of hydrogen-bond donors (Lipinski definition) is 0. The minimum absolute atomic E-state index is 0.240. The van der Waals surface area contributed by atoms with E-state index in [1.165, 1.54) is 24.9 Å². The van der Waals surface area contributed by atoms with Gasteiger partial charge in [-0.2, -0.15) is 0 Å². The standard InChI is InChI=1S/C22H20FN3O2S/c1-15-18(10-11-28-15)21-24-25-22(26(21)13-16-6-4-3-5-7-16)29-14-17-8-9-20(27-2)19(23)12-17/h3-12H,13-14H2,1-2H3. The smallest absolute Gasteiger partial charge is 0.192 e. The molecule has 0 saturated heterocycles. The van der Waals surface area contributed by atoms with Crippen LogP contribution in [-0.4, -0.2) is 21.9 Å². The number of halogens is 1. The molecule has 2 heterocycles. The molecule has 0 spiro atoms. The molecule has 2 aromatic carbocycles. The maximum Gasteiger partial charge on any atom is 0.192 e. The Hall–Kier alpha value is -3.06. The topological polar surface area (TPSA) is 53.1 Å². The minimum atomic E-state index is -0.369. The Morgan fingerprint density at radius 3 is 2.59 bits per heavy atom. The van der Waals surface area contributed by atoms with E-state index in [-0.39, 0.29) is 11.6 Å². The molecule has 29 heavy (non-hydrogen) atoms. The van der Waals surface area contributed by atoms with Gasteiger partial charge < -0.3 is 9.15 Å². The fraction of sp³-hybridized carbons (Fsp3) is 0.182. The van der Waals surface area contributed by atoms with Crippen LogP contribution in [0, 0.1) is 12.7 Å². The fourth-order valence-electron chi connectivity index (χ4n) is 3.07. The van der Waals surface area contributed by atoms with Gasteiger partial charge in [0, 0.05) is 5.75 Å². The number of nitrogens with zero attached hydrogens (tertiary/aromatic N) is 3. The molecule has 5 nitrogen and oxygen atoms in total. The summed E-state index contributed by atoms with van der Waals surface area (Å²) in [5.41, 5.74) is 2.91. The number of furan rings is 1. The lowest BCUT2D eigenvalue weighted by molar-refractivity contribution is 0.386. The third-order valence-electron chi connectivity index (χ3n) is 4.58. The monoisotopic (exact) mass is 409 g/mol. The van der Waals surface area contributed by atoms with Gasteiger partial charge in [0.2, 0.25) is 0 Å². The number of aryl methyl sites for hydroxylation is 1. The van der Waals surface area contributed by atoms with Crippen molar-refractivity contribution in [1.82, 2.24) is 14.8 Å². The molecule has 0 bridgehead atoms. The number of benzene rings is 2. The highest BCUT2D eigenvalue weighted by molar-refractivity contribution is 7.98. The Labute approximate surface area is 172 Å². The van der Waals surface area contributed by atoms with Crippen LogP contribution in [0.25, 0.3) is 11.4 Å². The van der Waals surface area contributed by atoms with Crippen molar-refractivity contribution in [2.45, 2.75) is 24.4 Å². The van der Waals surface area contributed by atoms with Gasteiger partial charge in [-0.05, 0) is 36.2 Å². The Bertz CT molecular complexity index is 1110. The zero-order valence-electron chi connectivity index (χ0n) is 16.1. The largest absolute Gasteiger partial charge is 0.494 e. The SMILES string of the molecule is COc1ccc(CSc2nnc(-c3ccoc3C)n2Cc2ccccc2)cc1F. The molecule has 0 unspecified atom stereocenters. The van der Waals surface area contributed by atoms with E-state index < -0.39 is 0 Å². The third kappa shape index (κ3) is 4.19. The molecule has 0 atom stereocenters. The van der Waals surface area contributed by atoms with Crippen molar-refractivity contribution >= 4 is 11.8 Å². The van der Waals surface area contributed by atoms with Gasteiger partial charge in [0.1, 0.15) is 5.76 Å². The summed E-state index contributed by atoms with van der Waals surface area (Å²) in [5.74, 6) is 1.98. The predicted molar refractivity (Wildman–Crippen MR) is 111 cm³/mol. The zero-order chi connectivity index (χ0) is 20.2. The van der Waals surface area contributed by atoms with Crippen LogP contribution in [0.2, 0.25) is 0 Å². The van der Waals surface area contributed by atoms with E-state index in [1.807, 2.05) is 37.3 Å². The van der Waals surface area contributed by atoms with Crippen LogP contribution in [0.1, 0.15) is 16.9 Å². The first-order valence-corrected chi connectivity index (χ1v) is 10.1. The maximum atomic E-state index is 14.0. The summed E-state index contributed by atoms with van der Waals surface area (Å²) < 4.78 is 26.5. The number of rotatable bonds is 7. The van der Waals surface area contributed by atoms with Crippen LogP contribution in [0.3, 0.4) is 0 Å². The summed E-state index contributed by atoms with van der Waals surface area (Å²) in [6, 6.07) is 17.0. The highest BCUT2D eigenvalue weighted by Gasteiger charge is 2.18. The summed E-state index contributed by atoms with van der Waals surface area (Å²) in [6.07, 6.45) is 1.65. The molecule has 0 aliphatic carbocycles. The Morgan fingerprint density at radius 2 is 1.90 bits per heavy atom. The van der Waals surface area contributed by atoms with Crippen molar-refractivity contribution in [2.75, 3.05) is 7.11 Å². The van der Waals surface area contributed by atoms with Gasteiger partial charge in [0.05, 0.1) is 25.5 Å². The van der Waals surface area contributed by atoms with Crippen molar-refractivity contribution in [1.29, 1.82) is 0 Å². The minimum Gasteiger partial charge on any atom is -0.494 e. The van der Waals surface area contributed by atoms with E-state index in [9.17, 15) is 4.39 Å². The molecule has 0 saturated carbocycles. The van der Waals surface area contributed by atoms with Crippen molar-refractivity contribution in [2.24, 2.45) is 0 Å². The fourth-order valence-corrected chi connectivity index (χ4v) is 3.95. The number of aromatic nitrogens is 3.